The van der Waals surface area contributed by atoms with Gasteiger partial charge in [0.15, 0.2) is 10.8 Å². The van der Waals surface area contributed by atoms with E-state index in [0.717, 1.165) is 0 Å². The fourth-order valence-corrected chi connectivity index (χ4v) is 5.21. The van der Waals surface area contributed by atoms with Gasteiger partial charge in [-0.05, 0) is 24.6 Å². The standard InChI is InChI=1S/C23H21F3N6O3S/c1-12-30-31-19(35-12)16-9-23(25,26)11-32(16)10-15-17(21(33)34)22(2,13-3-5-14(24)6-4-13)29-18(28-15)20-27-7-8-36-20/h3-8,16H,9-11H2,1-2H3,(H,28,29)(H,33,34)/t16-,22-/m0/s1. The second-order valence-electron chi connectivity index (χ2n) is 8.80. The molecule has 5 rings (SSSR count). The van der Waals surface area contributed by atoms with E-state index in [1.165, 1.54) is 40.5 Å². The molecule has 2 aromatic heterocycles. The van der Waals surface area contributed by atoms with Gasteiger partial charge in [-0.1, -0.05) is 12.1 Å². The molecule has 1 fully saturated rings. The van der Waals surface area contributed by atoms with E-state index in [-0.39, 0.29) is 35.4 Å². The molecule has 36 heavy (non-hydrogen) atoms. The molecule has 0 radical (unpaired) electrons. The highest BCUT2D eigenvalue weighted by atomic mass is 32.1. The highest BCUT2D eigenvalue weighted by Gasteiger charge is 2.49. The molecule has 1 aromatic carbocycles. The predicted octanol–water partition coefficient (Wildman–Crippen LogP) is 3.66. The first-order chi connectivity index (χ1) is 17.1. The summed E-state index contributed by atoms with van der Waals surface area (Å²) in [4.78, 5) is 23.0. The number of amidine groups is 1. The van der Waals surface area contributed by atoms with Crippen LogP contribution in [0.3, 0.4) is 0 Å². The van der Waals surface area contributed by atoms with Gasteiger partial charge in [0.25, 0.3) is 5.92 Å². The molecule has 9 nitrogen and oxygen atoms in total. The maximum absolute atomic E-state index is 14.5. The van der Waals surface area contributed by atoms with Crippen LogP contribution in [0.2, 0.25) is 0 Å². The summed E-state index contributed by atoms with van der Waals surface area (Å²) in [5.74, 6) is -4.26. The molecule has 4 heterocycles. The molecular weight excluding hydrogens is 497 g/mol. The van der Waals surface area contributed by atoms with Gasteiger partial charge in [-0.2, -0.15) is 0 Å². The van der Waals surface area contributed by atoms with Crippen LogP contribution in [0.25, 0.3) is 0 Å². The van der Waals surface area contributed by atoms with Gasteiger partial charge in [-0.3, -0.25) is 4.90 Å². The molecule has 3 aromatic rings. The lowest BCUT2D eigenvalue weighted by molar-refractivity contribution is -0.133. The Balaban J connectivity index is 1.61. The van der Waals surface area contributed by atoms with E-state index in [4.69, 9.17) is 4.42 Å². The minimum absolute atomic E-state index is 0.0352. The van der Waals surface area contributed by atoms with Crippen LogP contribution >= 0.6 is 11.3 Å². The van der Waals surface area contributed by atoms with Crippen LogP contribution in [0.4, 0.5) is 13.2 Å². The molecule has 0 saturated carbocycles. The van der Waals surface area contributed by atoms with Crippen LogP contribution < -0.4 is 5.32 Å². The largest absolute Gasteiger partial charge is 0.478 e. The number of halogens is 3. The molecule has 2 aliphatic rings. The first kappa shape index (κ1) is 24.1. The van der Waals surface area contributed by atoms with Gasteiger partial charge >= 0.3 is 5.97 Å². The third-order valence-corrected chi connectivity index (χ3v) is 6.98. The quantitative estimate of drug-likeness (QED) is 0.508. The second kappa shape index (κ2) is 8.82. The number of thiazole rings is 1. The number of hydrogen-bond acceptors (Lipinski definition) is 9. The number of benzene rings is 1. The maximum Gasteiger partial charge on any atom is 0.336 e. The highest BCUT2D eigenvalue weighted by molar-refractivity contribution is 7.11. The number of nitrogens with one attached hydrogen (secondary N) is 1. The molecule has 2 aliphatic heterocycles. The van der Waals surface area contributed by atoms with Gasteiger partial charge < -0.3 is 14.8 Å². The molecule has 0 amide bonds. The number of aliphatic carboxylic acids is 1. The summed E-state index contributed by atoms with van der Waals surface area (Å²) in [5.41, 5.74) is -1.02. The molecule has 188 valence electrons. The number of aromatic nitrogens is 3. The van der Waals surface area contributed by atoms with E-state index in [9.17, 15) is 23.1 Å². The number of hydrogen-bond donors (Lipinski definition) is 2. The summed E-state index contributed by atoms with van der Waals surface area (Å²) in [5, 5.41) is 23.2. The molecule has 1 saturated heterocycles. The van der Waals surface area contributed by atoms with Crippen LogP contribution in [-0.2, 0) is 10.3 Å². The van der Waals surface area contributed by atoms with Crippen LogP contribution in [0.5, 0.6) is 0 Å². The molecule has 0 unspecified atom stereocenters. The topological polar surface area (TPSA) is 117 Å². The number of alkyl halides is 2. The zero-order valence-corrected chi connectivity index (χ0v) is 20.0. The van der Waals surface area contributed by atoms with E-state index < -0.39 is 42.3 Å². The zero-order valence-electron chi connectivity index (χ0n) is 19.2. The maximum atomic E-state index is 14.5. The van der Waals surface area contributed by atoms with Crippen molar-refractivity contribution in [3.05, 3.63) is 75.3 Å². The van der Waals surface area contributed by atoms with Crippen molar-refractivity contribution in [2.75, 3.05) is 13.1 Å². The summed E-state index contributed by atoms with van der Waals surface area (Å²) >= 11 is 1.28. The normalized spacial score (nSPS) is 24.0. The summed E-state index contributed by atoms with van der Waals surface area (Å²) in [6.45, 7) is 2.33. The number of carboxylic acids is 1. The van der Waals surface area contributed by atoms with Crippen molar-refractivity contribution in [3.8, 4) is 0 Å². The van der Waals surface area contributed by atoms with Crippen molar-refractivity contribution in [1.29, 1.82) is 0 Å². The predicted molar refractivity (Wildman–Crippen MR) is 123 cm³/mol. The Kier molecular flexibility index (Phi) is 5.91. The Morgan fingerprint density at radius 2 is 2.06 bits per heavy atom. The Hall–Kier alpha value is -3.58. The second-order valence-corrected chi connectivity index (χ2v) is 9.70. The Morgan fingerprint density at radius 1 is 1.31 bits per heavy atom. The average molecular weight is 519 g/mol. The number of rotatable bonds is 6. The molecule has 2 atom stereocenters. The van der Waals surface area contributed by atoms with Gasteiger partial charge in [0.1, 0.15) is 11.4 Å². The smallest absolute Gasteiger partial charge is 0.336 e. The lowest BCUT2D eigenvalue weighted by atomic mass is 9.82. The van der Waals surface area contributed by atoms with Crippen molar-refractivity contribution >= 4 is 23.1 Å². The van der Waals surface area contributed by atoms with Crippen molar-refractivity contribution < 1.29 is 27.5 Å². The minimum Gasteiger partial charge on any atom is -0.478 e. The van der Waals surface area contributed by atoms with E-state index in [2.05, 4.69) is 25.5 Å². The van der Waals surface area contributed by atoms with Crippen LogP contribution in [-0.4, -0.2) is 56.0 Å². The van der Waals surface area contributed by atoms with Gasteiger partial charge in [0, 0.05) is 37.2 Å². The van der Waals surface area contributed by atoms with E-state index in [1.807, 2.05) is 0 Å². The third kappa shape index (κ3) is 4.39. The molecule has 13 heteroatoms. The summed E-state index contributed by atoms with van der Waals surface area (Å²) < 4.78 is 48.2. The first-order valence-corrected chi connectivity index (χ1v) is 11.9. The summed E-state index contributed by atoms with van der Waals surface area (Å²) in [7, 11) is 0. The van der Waals surface area contributed by atoms with Crippen molar-refractivity contribution in [2.24, 2.45) is 4.99 Å². The molecular formula is C23H21F3N6O3S. The van der Waals surface area contributed by atoms with Gasteiger partial charge in [-0.15, -0.1) is 21.5 Å². The molecule has 0 bridgehead atoms. The zero-order chi connectivity index (χ0) is 25.7. The molecule has 0 aliphatic carbocycles. The fraction of sp³-hybridized carbons (Fsp3) is 0.348. The minimum atomic E-state index is -3.04. The first-order valence-electron chi connectivity index (χ1n) is 11.0. The lowest BCUT2D eigenvalue weighted by Gasteiger charge is -2.35. The number of aryl methyl sites for hydroxylation is 1. The Labute approximate surface area is 207 Å². The van der Waals surface area contributed by atoms with Crippen LogP contribution in [0.1, 0.15) is 41.7 Å². The Bertz CT molecular complexity index is 1360. The molecule has 2 N–H and O–H groups in total. The SMILES string of the molecule is Cc1nnc([C@@H]2CC(F)(F)CN2CC2=C(C(=O)O)[C@](C)(c3ccc(F)cc3)N=C(c3nccs3)N2)o1. The van der Waals surface area contributed by atoms with Crippen LogP contribution in [0.15, 0.2) is 56.5 Å². The fourth-order valence-electron chi connectivity index (χ4n) is 4.63. The van der Waals surface area contributed by atoms with E-state index in [0.29, 0.717) is 10.6 Å². The van der Waals surface area contributed by atoms with Gasteiger partial charge in [-0.25, -0.2) is 27.9 Å². The van der Waals surface area contributed by atoms with Crippen LogP contribution in [0, 0.1) is 12.7 Å². The van der Waals surface area contributed by atoms with Crippen molar-refractivity contribution in [2.45, 2.75) is 37.8 Å². The van der Waals surface area contributed by atoms with Crippen molar-refractivity contribution in [1.82, 2.24) is 25.4 Å². The summed E-state index contributed by atoms with van der Waals surface area (Å²) in [6.07, 6.45) is 1.03. The van der Waals surface area contributed by atoms with Crippen molar-refractivity contribution in [3.63, 3.8) is 0 Å². The third-order valence-electron chi connectivity index (χ3n) is 6.20. The highest BCUT2D eigenvalue weighted by Crippen LogP contribution is 2.43. The number of likely N-dealkylation sites (tertiary alicyclic amines) is 1. The lowest BCUT2D eigenvalue weighted by Crippen LogP contribution is -2.44. The Morgan fingerprint density at radius 3 is 2.67 bits per heavy atom. The number of carboxylic acid groups (broad SMARTS) is 1. The van der Waals surface area contributed by atoms with E-state index >= 15 is 0 Å². The average Bonchev–Trinajstić information content (AvgIpc) is 3.54. The van der Waals surface area contributed by atoms with Gasteiger partial charge in [0.05, 0.1) is 18.2 Å². The number of aliphatic imine (C=N–C) groups is 1. The number of carbonyl (C=O) groups is 1. The summed E-state index contributed by atoms with van der Waals surface area (Å²) in [6, 6.07) is 4.44. The number of nitrogens with zero attached hydrogens (tertiary/aromatic N) is 5. The molecule has 0 spiro atoms. The monoisotopic (exact) mass is 518 g/mol. The van der Waals surface area contributed by atoms with E-state index in [1.54, 1.807) is 25.4 Å². The van der Waals surface area contributed by atoms with Gasteiger partial charge in [0.2, 0.25) is 11.8 Å².